The molecule has 2 heteroatoms. The van der Waals surface area contributed by atoms with Crippen LogP contribution < -0.4 is 0 Å². The highest BCUT2D eigenvalue weighted by atomic mass is 79.9. The summed E-state index contributed by atoms with van der Waals surface area (Å²) in [6.45, 7) is 2.10. The Morgan fingerprint density at radius 1 is 1.45 bits per heavy atom. The van der Waals surface area contributed by atoms with Crippen LogP contribution in [-0.2, 0) is 5.88 Å². The molecule has 1 aromatic rings. The molecular formula is C9H10BrCl. The third kappa shape index (κ3) is 2.21. The molecule has 0 amide bonds. The molecule has 0 aliphatic rings. The van der Waals surface area contributed by atoms with E-state index in [2.05, 4.69) is 35.0 Å². The third-order valence-electron chi connectivity index (χ3n) is 1.63. The first kappa shape index (κ1) is 9.08. The average Bonchev–Trinajstić information content (AvgIpc) is 2.04. The van der Waals surface area contributed by atoms with Crippen LogP contribution in [0.3, 0.4) is 0 Å². The van der Waals surface area contributed by atoms with Gasteiger partial charge in [-0.2, -0.15) is 0 Å². The van der Waals surface area contributed by atoms with Crippen LogP contribution in [0.15, 0.2) is 24.3 Å². The Balaban J connectivity index is 3.02. The van der Waals surface area contributed by atoms with E-state index >= 15 is 0 Å². The molecule has 0 radical (unpaired) electrons. The lowest BCUT2D eigenvalue weighted by molar-refractivity contribution is 1.09. The Bertz CT molecular complexity index is 233. The second kappa shape index (κ2) is 4.13. The Kier molecular flexibility index (Phi) is 3.41. The maximum absolute atomic E-state index is 5.76. The van der Waals surface area contributed by atoms with E-state index in [-0.39, 0.29) is 0 Å². The van der Waals surface area contributed by atoms with Gasteiger partial charge >= 0.3 is 0 Å². The van der Waals surface area contributed by atoms with Gasteiger partial charge in [0.15, 0.2) is 0 Å². The monoisotopic (exact) mass is 232 g/mol. The quantitative estimate of drug-likeness (QED) is 0.680. The van der Waals surface area contributed by atoms with E-state index in [4.69, 9.17) is 11.6 Å². The van der Waals surface area contributed by atoms with Crippen LogP contribution >= 0.6 is 27.5 Å². The molecule has 0 spiro atoms. The molecule has 1 rings (SSSR count). The number of rotatable bonds is 2. The van der Waals surface area contributed by atoms with Gasteiger partial charge in [-0.25, -0.2) is 0 Å². The van der Waals surface area contributed by atoms with Crippen molar-refractivity contribution in [1.29, 1.82) is 0 Å². The van der Waals surface area contributed by atoms with Gasteiger partial charge in [0.1, 0.15) is 0 Å². The lowest BCUT2D eigenvalue weighted by Gasteiger charge is -2.07. The topological polar surface area (TPSA) is 0 Å². The summed E-state index contributed by atoms with van der Waals surface area (Å²) >= 11 is 9.27. The van der Waals surface area contributed by atoms with Gasteiger partial charge in [0.25, 0.3) is 0 Å². The van der Waals surface area contributed by atoms with Crippen LogP contribution in [0.4, 0.5) is 0 Å². The molecule has 0 saturated carbocycles. The van der Waals surface area contributed by atoms with Gasteiger partial charge in [0.05, 0.1) is 0 Å². The Labute approximate surface area is 80.7 Å². The lowest BCUT2D eigenvalue weighted by Crippen LogP contribution is -1.90. The maximum Gasteiger partial charge on any atom is 0.0477 e. The van der Waals surface area contributed by atoms with Crippen molar-refractivity contribution in [2.45, 2.75) is 17.6 Å². The highest BCUT2D eigenvalue weighted by Gasteiger charge is 2.04. The third-order valence-corrected chi connectivity index (χ3v) is 2.41. The van der Waals surface area contributed by atoms with Gasteiger partial charge in [-0.3, -0.25) is 0 Å². The lowest BCUT2D eigenvalue weighted by atomic mass is 10.1. The summed E-state index contributed by atoms with van der Waals surface area (Å²) in [7, 11) is 0. The Morgan fingerprint density at radius 2 is 2.09 bits per heavy atom. The van der Waals surface area contributed by atoms with E-state index in [1.165, 1.54) is 11.1 Å². The van der Waals surface area contributed by atoms with Gasteiger partial charge < -0.3 is 0 Å². The summed E-state index contributed by atoms with van der Waals surface area (Å²) in [6, 6.07) is 8.19. The van der Waals surface area contributed by atoms with E-state index in [1.807, 2.05) is 12.1 Å². The predicted molar refractivity (Wildman–Crippen MR) is 53.3 cm³/mol. The Morgan fingerprint density at radius 3 is 2.55 bits per heavy atom. The summed E-state index contributed by atoms with van der Waals surface area (Å²) in [5.41, 5.74) is 2.49. The fourth-order valence-corrected chi connectivity index (χ4v) is 1.73. The first-order chi connectivity index (χ1) is 5.25. The molecular weight excluding hydrogens is 223 g/mol. The fraction of sp³-hybridized carbons (Fsp3) is 0.333. The molecule has 0 bridgehead atoms. The number of benzene rings is 1. The van der Waals surface area contributed by atoms with Crippen LogP contribution in [0.1, 0.15) is 22.9 Å². The molecule has 0 aliphatic carbocycles. The minimum atomic E-state index is 0.387. The van der Waals surface area contributed by atoms with Crippen molar-refractivity contribution in [2.24, 2.45) is 0 Å². The smallest absolute Gasteiger partial charge is 0.0477 e. The molecule has 0 fully saturated rings. The van der Waals surface area contributed by atoms with Gasteiger partial charge in [-0.15, -0.1) is 11.6 Å². The standard InChI is InChI=1S/C9H10BrCl/c1-7(10)9-5-3-2-4-8(9)6-11/h2-5,7H,6H2,1H3. The highest BCUT2D eigenvalue weighted by molar-refractivity contribution is 9.09. The van der Waals surface area contributed by atoms with E-state index in [0.29, 0.717) is 10.7 Å². The SMILES string of the molecule is CC(Br)c1ccccc1CCl. The molecule has 60 valence electrons. The fourth-order valence-electron chi connectivity index (χ4n) is 1.04. The van der Waals surface area contributed by atoms with E-state index in [1.54, 1.807) is 0 Å². The minimum absolute atomic E-state index is 0.387. The van der Waals surface area contributed by atoms with E-state index < -0.39 is 0 Å². The van der Waals surface area contributed by atoms with Gasteiger partial charge in [0, 0.05) is 10.7 Å². The zero-order chi connectivity index (χ0) is 8.27. The van der Waals surface area contributed by atoms with Crippen molar-refractivity contribution in [3.05, 3.63) is 35.4 Å². The first-order valence-corrected chi connectivity index (χ1v) is 4.98. The minimum Gasteiger partial charge on any atom is -0.122 e. The number of halogens is 2. The second-order valence-corrected chi connectivity index (χ2v) is 4.09. The first-order valence-electron chi connectivity index (χ1n) is 3.53. The van der Waals surface area contributed by atoms with Crippen LogP contribution in [-0.4, -0.2) is 0 Å². The number of hydrogen-bond acceptors (Lipinski definition) is 0. The largest absolute Gasteiger partial charge is 0.122 e. The van der Waals surface area contributed by atoms with Crippen LogP contribution in [0.5, 0.6) is 0 Å². The average molecular weight is 234 g/mol. The van der Waals surface area contributed by atoms with Gasteiger partial charge in [0.2, 0.25) is 0 Å². The summed E-state index contributed by atoms with van der Waals surface area (Å²) in [4.78, 5) is 0.387. The van der Waals surface area contributed by atoms with Crippen LogP contribution in [0.2, 0.25) is 0 Å². The zero-order valence-electron chi connectivity index (χ0n) is 6.35. The molecule has 0 N–H and O–H groups in total. The second-order valence-electron chi connectivity index (χ2n) is 2.45. The van der Waals surface area contributed by atoms with Crippen molar-refractivity contribution in [1.82, 2.24) is 0 Å². The zero-order valence-corrected chi connectivity index (χ0v) is 8.69. The van der Waals surface area contributed by atoms with Gasteiger partial charge in [-0.1, -0.05) is 40.2 Å². The molecule has 11 heavy (non-hydrogen) atoms. The van der Waals surface area contributed by atoms with Crippen LogP contribution in [0, 0.1) is 0 Å². The van der Waals surface area contributed by atoms with Crippen molar-refractivity contribution in [3.63, 3.8) is 0 Å². The van der Waals surface area contributed by atoms with E-state index in [9.17, 15) is 0 Å². The van der Waals surface area contributed by atoms with Gasteiger partial charge in [-0.05, 0) is 18.1 Å². The molecule has 0 nitrogen and oxygen atoms in total. The molecule has 0 saturated heterocycles. The molecule has 0 aliphatic heterocycles. The molecule has 0 heterocycles. The Hall–Kier alpha value is -0.0100. The normalized spacial score (nSPS) is 13.0. The maximum atomic E-state index is 5.76. The van der Waals surface area contributed by atoms with Crippen molar-refractivity contribution >= 4 is 27.5 Å². The van der Waals surface area contributed by atoms with Crippen molar-refractivity contribution in [3.8, 4) is 0 Å². The highest BCUT2D eigenvalue weighted by Crippen LogP contribution is 2.25. The summed E-state index contributed by atoms with van der Waals surface area (Å²) < 4.78 is 0. The molecule has 0 aromatic heterocycles. The summed E-state index contributed by atoms with van der Waals surface area (Å²) in [5.74, 6) is 0.589. The van der Waals surface area contributed by atoms with Crippen molar-refractivity contribution in [2.75, 3.05) is 0 Å². The number of alkyl halides is 2. The van der Waals surface area contributed by atoms with E-state index in [0.717, 1.165) is 0 Å². The van der Waals surface area contributed by atoms with Crippen molar-refractivity contribution < 1.29 is 0 Å². The van der Waals surface area contributed by atoms with Crippen LogP contribution in [0.25, 0.3) is 0 Å². The molecule has 1 unspecified atom stereocenters. The number of hydrogen-bond donors (Lipinski definition) is 0. The molecule has 1 aromatic carbocycles. The molecule has 1 atom stereocenters. The summed E-state index contributed by atoms with van der Waals surface area (Å²) in [6.07, 6.45) is 0. The predicted octanol–water partition coefficient (Wildman–Crippen LogP) is 3.88. The summed E-state index contributed by atoms with van der Waals surface area (Å²) in [5, 5.41) is 0.